The fourth-order valence-corrected chi connectivity index (χ4v) is 6.46. The molecule has 0 spiro atoms. The first kappa shape index (κ1) is 36.8. The second kappa shape index (κ2) is 18.5. The quantitative estimate of drug-likeness (QED) is 0.0647. The average Bonchev–Trinajstić information content (AvgIpc) is 3.08. The van der Waals surface area contributed by atoms with E-state index in [4.69, 9.17) is 4.74 Å². The van der Waals surface area contributed by atoms with Crippen molar-refractivity contribution in [2.24, 2.45) is 0 Å². The molecule has 0 N–H and O–H groups in total. The van der Waals surface area contributed by atoms with Gasteiger partial charge in [0.2, 0.25) is 0 Å². The summed E-state index contributed by atoms with van der Waals surface area (Å²) in [6.45, 7) is 22.6. The second-order valence-electron chi connectivity index (χ2n) is 13.4. The van der Waals surface area contributed by atoms with Gasteiger partial charge >= 0.3 is 0 Å². The fourth-order valence-electron chi connectivity index (χ4n) is 6.46. The minimum absolute atomic E-state index is 0.827. The lowest BCUT2D eigenvalue weighted by atomic mass is 10.0. The first-order chi connectivity index (χ1) is 23.2. The van der Waals surface area contributed by atoms with E-state index < -0.39 is 0 Å². The Hall–Kier alpha value is -4.08. The van der Waals surface area contributed by atoms with E-state index in [1.165, 1.54) is 49.9 Å². The van der Waals surface area contributed by atoms with E-state index in [0.717, 1.165) is 75.5 Å². The summed E-state index contributed by atoms with van der Waals surface area (Å²) in [5.74, 6) is 1.93. The zero-order chi connectivity index (χ0) is 34.5. The molecule has 0 atom stereocenters. The lowest BCUT2D eigenvalue weighted by molar-refractivity contribution is 0.252. The maximum Gasteiger partial charge on any atom is 0.149 e. The molecule has 0 bridgehead atoms. The number of benzene rings is 4. The van der Waals surface area contributed by atoms with Crippen LogP contribution in [0.15, 0.2) is 120 Å². The highest BCUT2D eigenvalue weighted by Gasteiger charge is 2.21. The third kappa shape index (κ3) is 10.5. The van der Waals surface area contributed by atoms with Gasteiger partial charge in [0.15, 0.2) is 0 Å². The molecule has 0 aliphatic heterocycles. The number of unbranched alkanes of at least 4 members (excludes halogenated alkanes) is 1. The Morgan fingerprint density at radius 3 is 2.00 bits per heavy atom. The van der Waals surface area contributed by atoms with Crippen LogP contribution >= 0.6 is 0 Å². The number of fused-ring (bicyclic) bond motifs is 1. The molecule has 3 heteroatoms. The van der Waals surface area contributed by atoms with Gasteiger partial charge in [0.25, 0.3) is 0 Å². The van der Waals surface area contributed by atoms with Crippen LogP contribution in [-0.4, -0.2) is 29.4 Å². The summed E-state index contributed by atoms with van der Waals surface area (Å²) < 4.78 is 7.04. The van der Waals surface area contributed by atoms with Crippen LogP contribution in [0.25, 0.3) is 16.5 Å². The first-order valence-electron chi connectivity index (χ1n) is 18.1. The molecule has 0 saturated carbocycles. The molecular weight excluding hydrogens is 585 g/mol. The van der Waals surface area contributed by atoms with E-state index in [0.29, 0.717) is 0 Å². The van der Waals surface area contributed by atoms with E-state index in [1.807, 2.05) is 0 Å². The summed E-state index contributed by atoms with van der Waals surface area (Å²) in [7, 11) is 0. The number of hydrogen-bond donors (Lipinski definition) is 0. The standard InChI is InChI=1S/C45H58N2O/c1-9-19-43(44(34(4)5)48-45(37(8)10-2)41-21-13-12-14-22-41)47(33-38-24-25-40-20-15-16-23-42(40)31-38)27-18-17-26-46(11-3)32-39-29-35(6)28-36(7)30-39/h12-16,19-25,28-31H,9-11,17-18,26-27,32-33H2,1-8H3/b43-19+,45-37+. The van der Waals surface area contributed by atoms with Crippen molar-refractivity contribution in [2.75, 3.05) is 19.6 Å². The summed E-state index contributed by atoms with van der Waals surface area (Å²) in [5.41, 5.74) is 10.2. The first-order valence-corrected chi connectivity index (χ1v) is 18.1. The molecule has 0 fully saturated rings. The Balaban J connectivity index is 1.61. The molecule has 4 aromatic rings. The van der Waals surface area contributed by atoms with Gasteiger partial charge in [-0.1, -0.05) is 123 Å². The van der Waals surface area contributed by atoms with E-state index >= 15 is 0 Å². The summed E-state index contributed by atoms with van der Waals surface area (Å²) in [4.78, 5) is 5.15. The molecule has 0 aliphatic carbocycles. The molecule has 48 heavy (non-hydrogen) atoms. The van der Waals surface area contributed by atoms with E-state index in [-0.39, 0.29) is 0 Å². The maximum atomic E-state index is 7.04. The van der Waals surface area contributed by atoms with Gasteiger partial charge in [0.05, 0.1) is 5.70 Å². The minimum atomic E-state index is 0.827. The summed E-state index contributed by atoms with van der Waals surface area (Å²) in [6, 6.07) is 33.1. The molecule has 0 aliphatic rings. The third-order valence-electron chi connectivity index (χ3n) is 9.06. The van der Waals surface area contributed by atoms with Gasteiger partial charge < -0.3 is 9.64 Å². The number of ether oxygens (including phenoxy) is 1. The van der Waals surface area contributed by atoms with Crippen LogP contribution in [0.3, 0.4) is 0 Å². The van der Waals surface area contributed by atoms with Gasteiger partial charge in [-0.3, -0.25) is 4.90 Å². The fraction of sp³-hybridized carbons (Fsp3) is 0.378. The van der Waals surface area contributed by atoms with Gasteiger partial charge in [-0.05, 0) is 113 Å². The van der Waals surface area contributed by atoms with Crippen molar-refractivity contribution < 1.29 is 4.74 Å². The molecule has 3 nitrogen and oxygen atoms in total. The van der Waals surface area contributed by atoms with Crippen LogP contribution < -0.4 is 0 Å². The van der Waals surface area contributed by atoms with Gasteiger partial charge in [0.1, 0.15) is 11.5 Å². The van der Waals surface area contributed by atoms with Crippen LogP contribution in [0, 0.1) is 13.8 Å². The Morgan fingerprint density at radius 1 is 0.688 bits per heavy atom. The van der Waals surface area contributed by atoms with E-state index in [9.17, 15) is 0 Å². The highest BCUT2D eigenvalue weighted by Crippen LogP contribution is 2.32. The van der Waals surface area contributed by atoms with Crippen LogP contribution in [0.1, 0.15) is 95.0 Å². The highest BCUT2D eigenvalue weighted by atomic mass is 16.5. The van der Waals surface area contributed by atoms with E-state index in [2.05, 4.69) is 162 Å². The molecule has 0 amide bonds. The number of rotatable bonds is 17. The van der Waals surface area contributed by atoms with Crippen molar-refractivity contribution in [2.45, 2.75) is 94.2 Å². The van der Waals surface area contributed by atoms with Gasteiger partial charge in [-0.25, -0.2) is 0 Å². The number of allylic oxidation sites excluding steroid dienone is 3. The van der Waals surface area contributed by atoms with Crippen LogP contribution in [-0.2, 0) is 17.8 Å². The minimum Gasteiger partial charge on any atom is -0.455 e. The van der Waals surface area contributed by atoms with Gasteiger partial charge in [-0.15, -0.1) is 0 Å². The van der Waals surface area contributed by atoms with Gasteiger partial charge in [0, 0.05) is 25.2 Å². The van der Waals surface area contributed by atoms with Gasteiger partial charge in [-0.2, -0.15) is 0 Å². The molecule has 4 aromatic carbocycles. The Labute approximate surface area is 291 Å². The lowest BCUT2D eigenvalue weighted by Crippen LogP contribution is -2.28. The zero-order valence-electron chi connectivity index (χ0n) is 30.9. The predicted molar refractivity (Wildman–Crippen MR) is 208 cm³/mol. The molecule has 0 aromatic heterocycles. The summed E-state index contributed by atoms with van der Waals surface area (Å²) >= 11 is 0. The molecule has 0 radical (unpaired) electrons. The summed E-state index contributed by atoms with van der Waals surface area (Å²) in [6.07, 6.45) is 6.47. The van der Waals surface area contributed by atoms with Crippen molar-refractivity contribution in [3.63, 3.8) is 0 Å². The monoisotopic (exact) mass is 642 g/mol. The molecule has 0 saturated heterocycles. The van der Waals surface area contributed by atoms with Crippen LogP contribution in [0.4, 0.5) is 0 Å². The molecular formula is C45H58N2O. The zero-order valence-corrected chi connectivity index (χ0v) is 30.9. The third-order valence-corrected chi connectivity index (χ3v) is 9.06. The van der Waals surface area contributed by atoms with E-state index in [1.54, 1.807) is 0 Å². The van der Waals surface area contributed by atoms with Crippen molar-refractivity contribution in [1.82, 2.24) is 9.80 Å². The number of aryl methyl sites for hydroxylation is 2. The summed E-state index contributed by atoms with van der Waals surface area (Å²) in [5, 5.41) is 2.56. The largest absolute Gasteiger partial charge is 0.455 e. The molecule has 0 heterocycles. The maximum absolute atomic E-state index is 7.04. The predicted octanol–water partition coefficient (Wildman–Crippen LogP) is 12.0. The number of nitrogens with zero attached hydrogens (tertiary/aromatic N) is 2. The smallest absolute Gasteiger partial charge is 0.149 e. The normalized spacial score (nSPS) is 12.3. The second-order valence-corrected chi connectivity index (χ2v) is 13.4. The molecule has 4 rings (SSSR count). The Morgan fingerprint density at radius 2 is 1.35 bits per heavy atom. The Bertz CT molecular complexity index is 1690. The lowest BCUT2D eigenvalue weighted by Gasteiger charge is -2.31. The van der Waals surface area contributed by atoms with Crippen molar-refractivity contribution in [3.05, 3.63) is 147 Å². The topological polar surface area (TPSA) is 15.7 Å². The van der Waals surface area contributed by atoms with Crippen molar-refractivity contribution >= 4 is 16.5 Å². The van der Waals surface area contributed by atoms with Crippen molar-refractivity contribution in [3.8, 4) is 0 Å². The van der Waals surface area contributed by atoms with Crippen LogP contribution in [0.2, 0.25) is 0 Å². The highest BCUT2D eigenvalue weighted by molar-refractivity contribution is 5.83. The molecule has 254 valence electrons. The average molecular weight is 643 g/mol. The molecule has 0 unspecified atom stereocenters. The SMILES string of the molecule is CC/C=C(\C(O/C(=C(\C)CC)c1ccccc1)=C(C)C)N(CCCCN(CC)Cc1cc(C)cc(C)c1)Cc1ccc2ccccc2c1. The Kier molecular flexibility index (Phi) is 14.1. The number of hydrogen-bond acceptors (Lipinski definition) is 3. The van der Waals surface area contributed by atoms with Crippen LogP contribution in [0.5, 0.6) is 0 Å². The van der Waals surface area contributed by atoms with Crippen molar-refractivity contribution in [1.29, 1.82) is 0 Å².